The van der Waals surface area contributed by atoms with Crippen molar-refractivity contribution in [1.29, 1.82) is 0 Å². The van der Waals surface area contributed by atoms with Crippen molar-refractivity contribution < 1.29 is 23.5 Å². The van der Waals surface area contributed by atoms with E-state index >= 15 is 0 Å². The number of benzene rings is 3. The van der Waals surface area contributed by atoms with Crippen LogP contribution in [0.1, 0.15) is 60.0 Å². The van der Waals surface area contributed by atoms with E-state index in [0.717, 1.165) is 5.56 Å². The van der Waals surface area contributed by atoms with Crippen molar-refractivity contribution in [1.82, 2.24) is 5.32 Å². The lowest BCUT2D eigenvalue weighted by Gasteiger charge is -2.36. The largest absolute Gasteiger partial charge is 0.491 e. The number of hydrogen-bond donors (Lipinski definition) is 1. The van der Waals surface area contributed by atoms with Gasteiger partial charge in [0.15, 0.2) is 8.32 Å². The molecule has 0 fully saturated rings. The molecule has 0 heterocycles. The monoisotopic (exact) mass is 519 g/mol. The van der Waals surface area contributed by atoms with Crippen molar-refractivity contribution in [2.45, 2.75) is 51.9 Å². The predicted octanol–water partition coefficient (Wildman–Crippen LogP) is 6.80. The van der Waals surface area contributed by atoms with Gasteiger partial charge in [-0.2, -0.15) is 0 Å². The van der Waals surface area contributed by atoms with Crippen molar-refractivity contribution in [3.8, 4) is 11.5 Å². The summed E-state index contributed by atoms with van der Waals surface area (Å²) < 4.78 is 17.4. The van der Waals surface area contributed by atoms with E-state index < -0.39 is 14.3 Å². The topological polar surface area (TPSA) is 73.9 Å². The number of amides is 1. The maximum absolute atomic E-state index is 12.6. The first-order chi connectivity index (χ1) is 17.5. The molecule has 0 aliphatic heterocycles. The van der Waals surface area contributed by atoms with Crippen molar-refractivity contribution in [2.75, 3.05) is 13.2 Å². The molecule has 0 spiro atoms. The summed E-state index contributed by atoms with van der Waals surface area (Å²) in [6, 6.07) is 22.9. The second-order valence-corrected chi connectivity index (χ2v) is 15.3. The Kier molecular flexibility index (Phi) is 9.29. The Labute approximate surface area is 221 Å². The van der Waals surface area contributed by atoms with Gasteiger partial charge in [-0.15, -0.1) is 0 Å². The molecule has 7 heteroatoms. The predicted molar refractivity (Wildman–Crippen MR) is 149 cm³/mol. The van der Waals surface area contributed by atoms with Gasteiger partial charge in [0.25, 0.3) is 5.91 Å². The molecular formula is C30H37NO5Si. The molecule has 1 N–H and O–H groups in total. The first-order valence-corrected chi connectivity index (χ1v) is 15.4. The summed E-state index contributed by atoms with van der Waals surface area (Å²) in [5.41, 5.74) is 1.92. The van der Waals surface area contributed by atoms with E-state index in [2.05, 4.69) is 39.2 Å². The number of rotatable bonds is 10. The number of carbonyl (C=O) groups is 2. The first-order valence-electron chi connectivity index (χ1n) is 12.5. The van der Waals surface area contributed by atoms with Crippen molar-refractivity contribution in [3.63, 3.8) is 0 Å². The second kappa shape index (κ2) is 12.2. The van der Waals surface area contributed by atoms with Gasteiger partial charge in [0.1, 0.15) is 18.1 Å². The number of nitrogens with one attached hydrogen (secondary N) is 1. The average Bonchev–Trinajstić information content (AvgIpc) is 2.87. The highest BCUT2D eigenvalue weighted by atomic mass is 28.4. The quantitative estimate of drug-likeness (QED) is 0.138. The molecule has 1 atom stereocenters. The molecule has 3 aromatic carbocycles. The number of hydrogen-bond acceptors (Lipinski definition) is 5. The normalized spacial score (nSPS) is 12.5. The van der Waals surface area contributed by atoms with Crippen LogP contribution in [0, 0.1) is 0 Å². The van der Waals surface area contributed by atoms with Crippen molar-refractivity contribution in [2.24, 2.45) is 0 Å². The van der Waals surface area contributed by atoms with Crippen LogP contribution in [-0.2, 0) is 4.43 Å². The molecule has 0 saturated heterocycles. The molecule has 0 radical (unpaired) electrons. The molecule has 0 aromatic heterocycles. The minimum Gasteiger partial charge on any atom is -0.491 e. The zero-order chi connectivity index (χ0) is 27.1. The van der Waals surface area contributed by atoms with Crippen LogP contribution in [0.2, 0.25) is 18.1 Å². The van der Waals surface area contributed by atoms with Gasteiger partial charge in [-0.25, -0.2) is 4.79 Å². The van der Waals surface area contributed by atoms with Crippen LogP contribution in [0.4, 0.5) is 0 Å². The summed E-state index contributed by atoms with van der Waals surface area (Å²) in [6.45, 7) is 13.9. The standard InChI is InChI=1S/C30H37NO5Si/c1-22(23-10-8-7-9-11-23)31-28(32)24-12-18-27(19-13-24)36-29(33)25-14-16-26(17-15-25)34-20-21-35-37(5,6)30(2,3)4/h7-19,22H,20-21H2,1-6H3,(H,31,32)/t22-/m0/s1. The maximum Gasteiger partial charge on any atom is 0.343 e. The van der Waals surface area contributed by atoms with E-state index in [4.69, 9.17) is 13.9 Å². The lowest BCUT2D eigenvalue weighted by Crippen LogP contribution is -2.41. The van der Waals surface area contributed by atoms with Gasteiger partial charge in [0, 0.05) is 5.56 Å². The molecule has 0 aliphatic carbocycles. The molecule has 3 aromatic rings. The smallest absolute Gasteiger partial charge is 0.343 e. The van der Waals surface area contributed by atoms with Gasteiger partial charge < -0.3 is 19.2 Å². The van der Waals surface area contributed by atoms with Crippen LogP contribution in [0.15, 0.2) is 78.9 Å². The summed E-state index contributed by atoms with van der Waals surface area (Å²) in [6.07, 6.45) is 0. The van der Waals surface area contributed by atoms with E-state index in [1.807, 2.05) is 37.3 Å². The Morgan fingerprint density at radius 3 is 1.97 bits per heavy atom. The minimum absolute atomic E-state index is 0.122. The fourth-order valence-electron chi connectivity index (χ4n) is 3.31. The average molecular weight is 520 g/mol. The molecule has 3 rings (SSSR count). The van der Waals surface area contributed by atoms with Gasteiger partial charge >= 0.3 is 5.97 Å². The van der Waals surface area contributed by atoms with Gasteiger partial charge in [-0.3, -0.25) is 4.79 Å². The lowest BCUT2D eigenvalue weighted by atomic mass is 10.1. The van der Waals surface area contributed by atoms with Gasteiger partial charge in [0.2, 0.25) is 0 Å². The zero-order valence-electron chi connectivity index (χ0n) is 22.5. The van der Waals surface area contributed by atoms with Crippen LogP contribution >= 0.6 is 0 Å². The summed E-state index contributed by atoms with van der Waals surface area (Å²) >= 11 is 0. The van der Waals surface area contributed by atoms with Crippen LogP contribution in [0.3, 0.4) is 0 Å². The van der Waals surface area contributed by atoms with E-state index in [0.29, 0.717) is 35.8 Å². The summed E-state index contributed by atoms with van der Waals surface area (Å²) in [5.74, 6) is 0.346. The summed E-state index contributed by atoms with van der Waals surface area (Å²) in [7, 11) is -1.80. The van der Waals surface area contributed by atoms with Gasteiger partial charge in [-0.05, 0) is 79.2 Å². The molecular weight excluding hydrogens is 482 g/mol. The Hall–Kier alpha value is -3.42. The Bertz CT molecular complexity index is 1170. The van der Waals surface area contributed by atoms with E-state index in [-0.39, 0.29) is 17.0 Å². The Morgan fingerprint density at radius 2 is 1.38 bits per heavy atom. The van der Waals surface area contributed by atoms with Crippen LogP contribution in [0.25, 0.3) is 0 Å². The van der Waals surface area contributed by atoms with E-state index in [9.17, 15) is 9.59 Å². The molecule has 6 nitrogen and oxygen atoms in total. The molecule has 37 heavy (non-hydrogen) atoms. The number of esters is 1. The molecule has 0 aliphatic rings. The fraction of sp³-hybridized carbons (Fsp3) is 0.333. The van der Waals surface area contributed by atoms with Crippen LogP contribution < -0.4 is 14.8 Å². The number of ether oxygens (including phenoxy) is 2. The van der Waals surface area contributed by atoms with Crippen molar-refractivity contribution in [3.05, 3.63) is 95.6 Å². The fourth-order valence-corrected chi connectivity index (χ4v) is 4.33. The third-order valence-electron chi connectivity index (χ3n) is 6.69. The summed E-state index contributed by atoms with van der Waals surface area (Å²) in [4.78, 5) is 25.1. The van der Waals surface area contributed by atoms with Crippen LogP contribution in [0.5, 0.6) is 11.5 Å². The third-order valence-corrected chi connectivity index (χ3v) is 11.2. The molecule has 196 valence electrons. The molecule has 1 amide bonds. The highest BCUT2D eigenvalue weighted by Crippen LogP contribution is 2.36. The highest BCUT2D eigenvalue weighted by Gasteiger charge is 2.36. The van der Waals surface area contributed by atoms with E-state index in [1.54, 1.807) is 48.5 Å². The minimum atomic E-state index is -1.80. The van der Waals surface area contributed by atoms with Crippen LogP contribution in [-0.4, -0.2) is 33.4 Å². The molecule has 0 bridgehead atoms. The zero-order valence-corrected chi connectivity index (χ0v) is 23.5. The Balaban J connectivity index is 1.48. The van der Waals surface area contributed by atoms with E-state index in [1.165, 1.54) is 0 Å². The second-order valence-electron chi connectivity index (χ2n) is 10.5. The SMILES string of the molecule is C[C@H](NC(=O)c1ccc(OC(=O)c2ccc(OCCO[Si](C)(C)C(C)(C)C)cc2)cc1)c1ccccc1. The first kappa shape index (κ1) is 28.2. The van der Waals surface area contributed by atoms with Gasteiger partial charge in [0.05, 0.1) is 18.2 Å². The molecule has 0 unspecified atom stereocenters. The highest BCUT2D eigenvalue weighted by molar-refractivity contribution is 6.74. The third kappa shape index (κ3) is 8.03. The Morgan fingerprint density at radius 1 is 0.811 bits per heavy atom. The summed E-state index contributed by atoms with van der Waals surface area (Å²) in [5, 5.41) is 3.13. The maximum atomic E-state index is 12.6. The van der Waals surface area contributed by atoms with Crippen molar-refractivity contribution >= 4 is 20.2 Å². The number of carbonyl (C=O) groups excluding carboxylic acids is 2. The van der Waals surface area contributed by atoms with Gasteiger partial charge in [-0.1, -0.05) is 51.1 Å². The lowest BCUT2D eigenvalue weighted by molar-refractivity contribution is 0.0734. The molecule has 0 saturated carbocycles.